The van der Waals surface area contributed by atoms with Crippen LogP contribution in [-0.4, -0.2) is 58.0 Å². The van der Waals surface area contributed by atoms with Crippen LogP contribution in [0.3, 0.4) is 0 Å². The van der Waals surface area contributed by atoms with Crippen LogP contribution in [0.5, 0.6) is 0 Å². The highest BCUT2D eigenvalue weighted by atomic mass is 16.5. The van der Waals surface area contributed by atoms with E-state index >= 15 is 0 Å². The zero-order valence-electron chi connectivity index (χ0n) is 13.4. The van der Waals surface area contributed by atoms with Crippen LogP contribution >= 0.6 is 0 Å². The smallest absolute Gasteiger partial charge is 0.356 e. The molecular weight excluding hydrogens is 310 g/mol. The SMILES string of the molecule is O=C(O)c1cc2nc(N3CCCC3)cc(NC3CCOCC3)n2n1. The predicted octanol–water partition coefficient (Wildman–Crippen LogP) is 1.62. The number of nitrogens with one attached hydrogen (secondary N) is 1. The third-order valence-corrected chi connectivity index (χ3v) is 4.64. The van der Waals surface area contributed by atoms with E-state index < -0.39 is 5.97 Å². The number of fused-ring (bicyclic) bond motifs is 1. The molecule has 128 valence electrons. The molecule has 2 N–H and O–H groups in total. The molecule has 4 heterocycles. The summed E-state index contributed by atoms with van der Waals surface area (Å²) in [6.45, 7) is 3.45. The number of rotatable bonds is 4. The number of aromatic nitrogens is 3. The lowest BCUT2D eigenvalue weighted by molar-refractivity contribution is 0.0690. The van der Waals surface area contributed by atoms with Crippen molar-refractivity contribution in [3.8, 4) is 0 Å². The van der Waals surface area contributed by atoms with Crippen LogP contribution in [0.15, 0.2) is 12.1 Å². The summed E-state index contributed by atoms with van der Waals surface area (Å²) < 4.78 is 7.00. The summed E-state index contributed by atoms with van der Waals surface area (Å²) in [7, 11) is 0. The summed E-state index contributed by atoms with van der Waals surface area (Å²) in [5.41, 5.74) is 0.572. The van der Waals surface area contributed by atoms with Gasteiger partial charge in [-0.25, -0.2) is 9.78 Å². The van der Waals surface area contributed by atoms with Crippen molar-refractivity contribution in [3.05, 3.63) is 17.8 Å². The molecule has 0 atom stereocenters. The number of aromatic carboxylic acids is 1. The monoisotopic (exact) mass is 331 g/mol. The molecule has 24 heavy (non-hydrogen) atoms. The Hall–Kier alpha value is -2.35. The first-order valence-corrected chi connectivity index (χ1v) is 8.44. The summed E-state index contributed by atoms with van der Waals surface area (Å²) in [6, 6.07) is 3.80. The number of hydrogen-bond donors (Lipinski definition) is 2. The number of carboxylic acid groups (broad SMARTS) is 1. The molecule has 0 aliphatic carbocycles. The first-order chi connectivity index (χ1) is 11.7. The fourth-order valence-corrected chi connectivity index (χ4v) is 3.33. The van der Waals surface area contributed by atoms with Gasteiger partial charge >= 0.3 is 5.97 Å². The van der Waals surface area contributed by atoms with E-state index in [-0.39, 0.29) is 5.69 Å². The Labute approximate surface area is 139 Å². The highest BCUT2D eigenvalue weighted by Crippen LogP contribution is 2.25. The molecule has 0 saturated carbocycles. The molecule has 2 aliphatic heterocycles. The first kappa shape index (κ1) is 15.2. The highest BCUT2D eigenvalue weighted by molar-refractivity contribution is 5.87. The summed E-state index contributed by atoms with van der Waals surface area (Å²) in [4.78, 5) is 18.1. The number of nitrogens with zero attached hydrogens (tertiary/aromatic N) is 4. The molecule has 0 amide bonds. The molecule has 0 bridgehead atoms. The Balaban J connectivity index is 1.73. The van der Waals surface area contributed by atoms with E-state index in [0.717, 1.165) is 63.6 Å². The lowest BCUT2D eigenvalue weighted by Crippen LogP contribution is -2.29. The summed E-state index contributed by atoms with van der Waals surface area (Å²) >= 11 is 0. The molecule has 4 rings (SSSR count). The number of carboxylic acids is 1. The quantitative estimate of drug-likeness (QED) is 0.879. The van der Waals surface area contributed by atoms with Crippen molar-refractivity contribution in [3.63, 3.8) is 0 Å². The lowest BCUT2D eigenvalue weighted by atomic mass is 10.1. The summed E-state index contributed by atoms with van der Waals surface area (Å²) in [5, 5.41) is 16.9. The number of carbonyl (C=O) groups is 1. The van der Waals surface area contributed by atoms with E-state index in [9.17, 15) is 9.90 Å². The van der Waals surface area contributed by atoms with Crippen LogP contribution in [0.25, 0.3) is 5.65 Å². The standard InChI is InChI=1S/C16H21N5O3/c22-16(23)12-9-14-18-13(20-5-1-2-6-20)10-15(21(14)19-12)17-11-3-7-24-8-4-11/h9-11,17H,1-8H2,(H,22,23). The number of anilines is 2. The third-order valence-electron chi connectivity index (χ3n) is 4.64. The molecular formula is C16H21N5O3. The molecule has 0 unspecified atom stereocenters. The minimum absolute atomic E-state index is 0.0103. The zero-order chi connectivity index (χ0) is 16.5. The molecule has 8 heteroatoms. The van der Waals surface area contributed by atoms with Gasteiger partial charge in [-0.15, -0.1) is 0 Å². The molecule has 2 fully saturated rings. The van der Waals surface area contributed by atoms with E-state index in [4.69, 9.17) is 4.74 Å². The van der Waals surface area contributed by atoms with E-state index in [0.29, 0.717) is 11.7 Å². The van der Waals surface area contributed by atoms with Gasteiger partial charge in [-0.1, -0.05) is 0 Å². The normalized spacial score (nSPS) is 19.1. The third kappa shape index (κ3) is 2.89. The van der Waals surface area contributed by atoms with E-state index in [1.165, 1.54) is 6.07 Å². The second kappa shape index (κ2) is 6.27. The largest absolute Gasteiger partial charge is 0.476 e. The summed E-state index contributed by atoms with van der Waals surface area (Å²) in [5.74, 6) is 0.632. The Morgan fingerprint density at radius 3 is 2.71 bits per heavy atom. The second-order valence-electron chi connectivity index (χ2n) is 6.33. The molecule has 0 radical (unpaired) electrons. The van der Waals surface area contributed by atoms with Crippen molar-refractivity contribution < 1.29 is 14.6 Å². The summed E-state index contributed by atoms with van der Waals surface area (Å²) in [6.07, 6.45) is 4.18. The molecule has 2 saturated heterocycles. The zero-order valence-corrected chi connectivity index (χ0v) is 13.4. The van der Waals surface area contributed by atoms with E-state index in [2.05, 4.69) is 20.3 Å². The Morgan fingerprint density at radius 1 is 1.25 bits per heavy atom. The molecule has 2 aromatic rings. The Morgan fingerprint density at radius 2 is 2.00 bits per heavy atom. The fourth-order valence-electron chi connectivity index (χ4n) is 3.33. The lowest BCUT2D eigenvalue weighted by Gasteiger charge is -2.25. The first-order valence-electron chi connectivity index (χ1n) is 8.44. The second-order valence-corrected chi connectivity index (χ2v) is 6.33. The maximum absolute atomic E-state index is 11.3. The van der Waals surface area contributed by atoms with Gasteiger partial charge in [-0.05, 0) is 25.7 Å². The van der Waals surface area contributed by atoms with Crippen molar-refractivity contribution in [2.45, 2.75) is 31.7 Å². The molecule has 8 nitrogen and oxygen atoms in total. The topological polar surface area (TPSA) is 92.0 Å². The molecule has 0 aromatic carbocycles. The van der Waals surface area contributed by atoms with Crippen molar-refractivity contribution in [2.24, 2.45) is 0 Å². The van der Waals surface area contributed by atoms with Gasteiger partial charge in [0.15, 0.2) is 11.3 Å². The van der Waals surface area contributed by atoms with Crippen LogP contribution in [0.4, 0.5) is 11.6 Å². The maximum Gasteiger partial charge on any atom is 0.356 e. The van der Waals surface area contributed by atoms with Gasteiger partial charge in [0, 0.05) is 44.5 Å². The van der Waals surface area contributed by atoms with Gasteiger partial charge < -0.3 is 20.1 Å². The Bertz CT molecular complexity index is 747. The van der Waals surface area contributed by atoms with Crippen LogP contribution in [-0.2, 0) is 4.74 Å². The van der Waals surface area contributed by atoms with Gasteiger partial charge in [-0.3, -0.25) is 0 Å². The van der Waals surface area contributed by atoms with Crippen molar-refractivity contribution >= 4 is 23.3 Å². The van der Waals surface area contributed by atoms with Crippen LogP contribution in [0.2, 0.25) is 0 Å². The van der Waals surface area contributed by atoms with Crippen molar-refractivity contribution in [1.29, 1.82) is 0 Å². The Kier molecular flexibility index (Phi) is 3.97. The minimum Gasteiger partial charge on any atom is -0.476 e. The average molecular weight is 331 g/mol. The van der Waals surface area contributed by atoms with Crippen LogP contribution < -0.4 is 10.2 Å². The van der Waals surface area contributed by atoms with E-state index in [1.54, 1.807) is 4.52 Å². The maximum atomic E-state index is 11.3. The van der Waals surface area contributed by atoms with Crippen molar-refractivity contribution in [1.82, 2.24) is 14.6 Å². The molecule has 2 aromatic heterocycles. The minimum atomic E-state index is -1.04. The molecule has 0 spiro atoms. The average Bonchev–Trinajstić information content (AvgIpc) is 3.25. The molecule has 2 aliphatic rings. The van der Waals surface area contributed by atoms with Gasteiger partial charge in [0.05, 0.1) is 0 Å². The van der Waals surface area contributed by atoms with Gasteiger partial charge in [0.2, 0.25) is 0 Å². The van der Waals surface area contributed by atoms with Gasteiger partial charge in [0.1, 0.15) is 11.6 Å². The number of hydrogen-bond acceptors (Lipinski definition) is 6. The van der Waals surface area contributed by atoms with Crippen molar-refractivity contribution in [2.75, 3.05) is 36.5 Å². The van der Waals surface area contributed by atoms with Crippen LogP contribution in [0.1, 0.15) is 36.2 Å². The van der Waals surface area contributed by atoms with Gasteiger partial charge in [-0.2, -0.15) is 9.61 Å². The predicted molar refractivity (Wildman–Crippen MR) is 88.9 cm³/mol. The van der Waals surface area contributed by atoms with Crippen LogP contribution in [0, 0.1) is 0 Å². The fraction of sp³-hybridized carbons (Fsp3) is 0.562. The number of ether oxygens (including phenoxy) is 1. The van der Waals surface area contributed by atoms with Gasteiger partial charge in [0.25, 0.3) is 0 Å². The highest BCUT2D eigenvalue weighted by Gasteiger charge is 2.21. The van der Waals surface area contributed by atoms with E-state index in [1.807, 2.05) is 6.07 Å².